The zero-order valence-electron chi connectivity index (χ0n) is 18.5. The minimum Gasteiger partial charge on any atom is -0.330 e. The molecule has 1 aliphatic rings. The Balaban J connectivity index is 1.36. The molecule has 4 aromatic rings. The van der Waals surface area contributed by atoms with Gasteiger partial charge < -0.3 is 9.80 Å². The number of benzene rings is 3. The zero-order valence-corrected chi connectivity index (χ0v) is 18.5. The van der Waals surface area contributed by atoms with Gasteiger partial charge in [-0.2, -0.15) is 5.10 Å². The molecule has 1 aromatic heterocycles. The van der Waals surface area contributed by atoms with E-state index in [0.717, 1.165) is 22.5 Å². The minimum absolute atomic E-state index is 0.0241. The first-order valence-corrected chi connectivity index (χ1v) is 11.1. The highest BCUT2D eigenvalue weighted by Gasteiger charge is 2.28. The molecule has 0 N–H and O–H groups in total. The summed E-state index contributed by atoms with van der Waals surface area (Å²) in [5.41, 5.74) is 4.18. The lowest BCUT2D eigenvalue weighted by Crippen LogP contribution is -2.53. The van der Waals surface area contributed by atoms with Crippen LogP contribution in [-0.4, -0.2) is 46.1 Å². The molecular weight excluding hydrogens is 431 g/mol. The van der Waals surface area contributed by atoms with Crippen LogP contribution < -0.4 is 4.90 Å². The van der Waals surface area contributed by atoms with Crippen molar-refractivity contribution >= 4 is 17.5 Å². The molecule has 0 aliphatic carbocycles. The van der Waals surface area contributed by atoms with Gasteiger partial charge >= 0.3 is 0 Å². The molecule has 2 heterocycles. The Bertz CT molecular complexity index is 1300. The lowest BCUT2D eigenvalue weighted by atomic mass is 10.1. The van der Waals surface area contributed by atoms with Gasteiger partial charge in [0, 0.05) is 24.3 Å². The average Bonchev–Trinajstić information content (AvgIpc) is 3.29. The molecule has 6 nitrogen and oxygen atoms in total. The number of piperazine rings is 1. The predicted molar refractivity (Wildman–Crippen MR) is 128 cm³/mol. The van der Waals surface area contributed by atoms with Gasteiger partial charge in [-0.3, -0.25) is 14.3 Å². The van der Waals surface area contributed by atoms with Crippen LogP contribution in [0.15, 0.2) is 91.0 Å². The van der Waals surface area contributed by atoms with Gasteiger partial charge in [-0.15, -0.1) is 0 Å². The first kappa shape index (κ1) is 21.6. The number of hydrogen-bond donors (Lipinski definition) is 0. The highest BCUT2D eigenvalue weighted by molar-refractivity contribution is 5.98. The third-order valence-corrected chi connectivity index (χ3v) is 5.92. The second kappa shape index (κ2) is 9.31. The normalized spacial score (nSPS) is 13.9. The largest absolute Gasteiger partial charge is 0.330 e. The summed E-state index contributed by atoms with van der Waals surface area (Å²) in [6.45, 7) is 0.760. The standard InChI is InChI=1S/C27H23FN4O2/c28-22-11-13-23(14-12-22)31-16-15-30(18-27(31)34)26(33)19-32-25(21-9-5-2-6-10-21)17-24(29-32)20-7-3-1-4-8-20/h1-14,17H,15-16,18-19H2. The van der Waals surface area contributed by atoms with Crippen molar-refractivity contribution < 1.29 is 14.0 Å². The molecule has 7 heteroatoms. The molecule has 0 saturated carbocycles. The number of rotatable bonds is 5. The van der Waals surface area contributed by atoms with Crippen LogP contribution in [0.3, 0.4) is 0 Å². The maximum absolute atomic E-state index is 13.2. The Kier molecular flexibility index (Phi) is 5.91. The molecule has 0 atom stereocenters. The van der Waals surface area contributed by atoms with Gasteiger partial charge in [0.2, 0.25) is 11.8 Å². The lowest BCUT2D eigenvalue weighted by molar-refractivity contribution is -0.137. The van der Waals surface area contributed by atoms with E-state index in [4.69, 9.17) is 5.10 Å². The van der Waals surface area contributed by atoms with Crippen molar-refractivity contribution in [1.29, 1.82) is 0 Å². The minimum atomic E-state index is -0.353. The van der Waals surface area contributed by atoms with Crippen LogP contribution in [0.4, 0.5) is 10.1 Å². The summed E-state index contributed by atoms with van der Waals surface area (Å²) < 4.78 is 14.9. The Hall–Kier alpha value is -4.26. The molecule has 2 amide bonds. The van der Waals surface area contributed by atoms with Gasteiger partial charge in [0.1, 0.15) is 18.9 Å². The molecule has 3 aromatic carbocycles. The fraction of sp³-hybridized carbons (Fsp3) is 0.148. The second-order valence-electron chi connectivity index (χ2n) is 8.14. The van der Waals surface area contributed by atoms with Crippen molar-refractivity contribution in [3.63, 3.8) is 0 Å². The average molecular weight is 455 g/mol. The number of aromatic nitrogens is 2. The van der Waals surface area contributed by atoms with Crippen molar-refractivity contribution in [3.8, 4) is 22.5 Å². The fourth-order valence-electron chi connectivity index (χ4n) is 4.14. The third-order valence-electron chi connectivity index (χ3n) is 5.92. The number of anilines is 1. The van der Waals surface area contributed by atoms with Crippen LogP contribution in [0.25, 0.3) is 22.5 Å². The van der Waals surface area contributed by atoms with E-state index in [0.29, 0.717) is 18.8 Å². The van der Waals surface area contributed by atoms with Gasteiger partial charge in [0.05, 0.1) is 11.4 Å². The van der Waals surface area contributed by atoms with E-state index in [1.54, 1.807) is 26.6 Å². The van der Waals surface area contributed by atoms with E-state index in [2.05, 4.69) is 0 Å². The molecule has 0 bridgehead atoms. The number of carbonyl (C=O) groups excluding carboxylic acids is 2. The van der Waals surface area contributed by atoms with Gasteiger partial charge in [-0.25, -0.2) is 4.39 Å². The zero-order chi connectivity index (χ0) is 23.5. The molecule has 1 saturated heterocycles. The summed E-state index contributed by atoms with van der Waals surface area (Å²) in [7, 11) is 0. The lowest BCUT2D eigenvalue weighted by Gasteiger charge is -2.34. The van der Waals surface area contributed by atoms with Crippen LogP contribution in [-0.2, 0) is 16.1 Å². The Morgan fingerprint density at radius 3 is 2.15 bits per heavy atom. The van der Waals surface area contributed by atoms with Crippen LogP contribution in [0, 0.1) is 5.82 Å². The summed E-state index contributed by atoms with van der Waals surface area (Å²) in [6, 6.07) is 27.4. The monoisotopic (exact) mass is 454 g/mol. The van der Waals surface area contributed by atoms with Crippen LogP contribution in [0.2, 0.25) is 0 Å². The predicted octanol–water partition coefficient (Wildman–Crippen LogP) is 4.23. The molecule has 170 valence electrons. The molecule has 0 spiro atoms. The number of carbonyl (C=O) groups is 2. The Labute approximate surface area is 196 Å². The van der Waals surface area contributed by atoms with E-state index in [9.17, 15) is 14.0 Å². The highest BCUT2D eigenvalue weighted by atomic mass is 19.1. The van der Waals surface area contributed by atoms with E-state index in [1.165, 1.54) is 12.1 Å². The molecule has 34 heavy (non-hydrogen) atoms. The number of hydrogen-bond acceptors (Lipinski definition) is 3. The quantitative estimate of drug-likeness (QED) is 0.454. The summed E-state index contributed by atoms with van der Waals surface area (Å²) in [6.07, 6.45) is 0. The molecule has 1 fully saturated rings. The van der Waals surface area contributed by atoms with Crippen molar-refractivity contribution in [2.24, 2.45) is 0 Å². The molecule has 5 rings (SSSR count). The second-order valence-corrected chi connectivity index (χ2v) is 8.14. The maximum Gasteiger partial charge on any atom is 0.246 e. The SMILES string of the molecule is O=C(Cn1nc(-c2ccccc2)cc1-c1ccccc1)N1CCN(c2ccc(F)cc2)C(=O)C1. The number of halogens is 1. The number of nitrogens with zero attached hydrogens (tertiary/aromatic N) is 4. The van der Waals surface area contributed by atoms with Gasteiger partial charge in [0.25, 0.3) is 0 Å². The first-order chi connectivity index (χ1) is 16.6. The van der Waals surface area contributed by atoms with E-state index < -0.39 is 0 Å². The first-order valence-electron chi connectivity index (χ1n) is 11.1. The maximum atomic E-state index is 13.2. The van der Waals surface area contributed by atoms with E-state index >= 15 is 0 Å². The fourth-order valence-corrected chi connectivity index (χ4v) is 4.14. The van der Waals surface area contributed by atoms with Crippen molar-refractivity contribution in [3.05, 3.63) is 96.8 Å². The van der Waals surface area contributed by atoms with Crippen molar-refractivity contribution in [2.45, 2.75) is 6.54 Å². The molecule has 1 aliphatic heterocycles. The highest BCUT2D eigenvalue weighted by Crippen LogP contribution is 2.26. The molecule has 0 radical (unpaired) electrons. The number of amides is 2. The van der Waals surface area contributed by atoms with Crippen molar-refractivity contribution in [2.75, 3.05) is 24.5 Å². The van der Waals surface area contributed by atoms with Crippen LogP contribution >= 0.6 is 0 Å². The molecule has 0 unspecified atom stereocenters. The van der Waals surface area contributed by atoms with Crippen LogP contribution in [0.5, 0.6) is 0 Å². The van der Waals surface area contributed by atoms with Gasteiger partial charge in [-0.1, -0.05) is 60.7 Å². The Morgan fingerprint density at radius 1 is 0.853 bits per heavy atom. The van der Waals surface area contributed by atoms with Crippen LogP contribution in [0.1, 0.15) is 0 Å². The third kappa shape index (κ3) is 4.45. The van der Waals surface area contributed by atoms with Gasteiger partial charge in [0.15, 0.2) is 0 Å². The van der Waals surface area contributed by atoms with E-state index in [1.807, 2.05) is 66.7 Å². The Morgan fingerprint density at radius 2 is 1.50 bits per heavy atom. The summed E-state index contributed by atoms with van der Waals surface area (Å²) in [5.74, 6) is -0.722. The van der Waals surface area contributed by atoms with Gasteiger partial charge in [-0.05, 0) is 35.9 Å². The van der Waals surface area contributed by atoms with E-state index in [-0.39, 0.29) is 30.7 Å². The smallest absolute Gasteiger partial charge is 0.246 e. The molecular formula is C27H23FN4O2. The summed E-state index contributed by atoms with van der Waals surface area (Å²) in [4.78, 5) is 29.1. The topological polar surface area (TPSA) is 58.4 Å². The summed E-state index contributed by atoms with van der Waals surface area (Å²) >= 11 is 0. The summed E-state index contributed by atoms with van der Waals surface area (Å²) in [5, 5.41) is 4.72. The van der Waals surface area contributed by atoms with Crippen molar-refractivity contribution in [1.82, 2.24) is 14.7 Å².